The Bertz CT molecular complexity index is 341. The van der Waals surface area contributed by atoms with Crippen LogP contribution in [-0.4, -0.2) is 34.5 Å². The van der Waals surface area contributed by atoms with Crippen molar-refractivity contribution in [2.24, 2.45) is 11.7 Å². The number of rotatable bonds is 7. The first kappa shape index (κ1) is 13.8. The summed E-state index contributed by atoms with van der Waals surface area (Å²) in [7, 11) is 5.01. The number of hydrogen-bond acceptors (Lipinski definition) is 4. The van der Waals surface area contributed by atoms with Gasteiger partial charge in [-0.15, -0.1) is 0 Å². The molecule has 1 unspecified atom stereocenters. The van der Waals surface area contributed by atoms with E-state index in [0.29, 0.717) is 19.1 Å². The number of methoxy groups -OCH3 is 3. The largest absolute Gasteiger partial charge is 0.497 e. The maximum Gasteiger partial charge on any atom is 0.122 e. The van der Waals surface area contributed by atoms with Crippen molar-refractivity contribution in [2.75, 3.05) is 34.5 Å². The van der Waals surface area contributed by atoms with Gasteiger partial charge in [0, 0.05) is 7.11 Å². The van der Waals surface area contributed by atoms with Gasteiger partial charge in [-0.1, -0.05) is 0 Å². The molecule has 0 amide bonds. The van der Waals surface area contributed by atoms with Gasteiger partial charge in [0.2, 0.25) is 0 Å². The lowest BCUT2D eigenvalue weighted by Crippen LogP contribution is -2.21. The molecule has 0 bridgehead atoms. The third kappa shape index (κ3) is 3.91. The van der Waals surface area contributed by atoms with Gasteiger partial charge in [-0.05, 0) is 42.6 Å². The van der Waals surface area contributed by atoms with Crippen molar-refractivity contribution in [1.82, 2.24) is 0 Å². The molecule has 0 spiro atoms. The molecule has 4 nitrogen and oxygen atoms in total. The minimum Gasteiger partial charge on any atom is -0.497 e. The molecule has 0 saturated heterocycles. The fourth-order valence-corrected chi connectivity index (χ4v) is 1.80. The zero-order valence-electron chi connectivity index (χ0n) is 10.7. The van der Waals surface area contributed by atoms with Crippen LogP contribution in [0.25, 0.3) is 0 Å². The van der Waals surface area contributed by atoms with Crippen LogP contribution in [0, 0.1) is 5.92 Å². The van der Waals surface area contributed by atoms with Crippen LogP contribution >= 0.6 is 0 Å². The van der Waals surface area contributed by atoms with E-state index in [1.54, 1.807) is 21.3 Å². The van der Waals surface area contributed by atoms with Gasteiger partial charge in [0.15, 0.2) is 0 Å². The molecule has 0 saturated carbocycles. The van der Waals surface area contributed by atoms with Crippen LogP contribution in [0.1, 0.15) is 5.56 Å². The zero-order valence-corrected chi connectivity index (χ0v) is 10.7. The van der Waals surface area contributed by atoms with Crippen molar-refractivity contribution in [2.45, 2.75) is 6.42 Å². The topological polar surface area (TPSA) is 53.7 Å². The highest BCUT2D eigenvalue weighted by atomic mass is 16.5. The zero-order chi connectivity index (χ0) is 12.7. The summed E-state index contributed by atoms with van der Waals surface area (Å²) in [6, 6.07) is 5.78. The molecule has 1 aromatic carbocycles. The van der Waals surface area contributed by atoms with Gasteiger partial charge in [0.25, 0.3) is 0 Å². The lowest BCUT2D eigenvalue weighted by Gasteiger charge is -2.16. The third-order valence-corrected chi connectivity index (χ3v) is 2.73. The predicted octanol–water partition coefficient (Wildman–Crippen LogP) is 1.47. The average Bonchev–Trinajstić information content (AvgIpc) is 2.38. The molecule has 0 fully saturated rings. The Labute approximate surface area is 103 Å². The molecule has 0 aliphatic carbocycles. The van der Waals surface area contributed by atoms with Crippen molar-refractivity contribution >= 4 is 0 Å². The molecule has 4 heteroatoms. The van der Waals surface area contributed by atoms with Crippen molar-refractivity contribution in [3.8, 4) is 11.5 Å². The van der Waals surface area contributed by atoms with E-state index in [0.717, 1.165) is 23.5 Å². The average molecular weight is 239 g/mol. The van der Waals surface area contributed by atoms with Gasteiger partial charge in [-0.3, -0.25) is 0 Å². The van der Waals surface area contributed by atoms with Crippen LogP contribution in [0.2, 0.25) is 0 Å². The minimum absolute atomic E-state index is 0.293. The number of ether oxygens (including phenoxy) is 3. The van der Waals surface area contributed by atoms with Crippen LogP contribution in [0.5, 0.6) is 11.5 Å². The SMILES string of the molecule is COCC(CN)Cc1cc(OC)ccc1OC. The number of benzene rings is 1. The maximum absolute atomic E-state index is 5.72. The molecule has 0 aliphatic heterocycles. The van der Waals surface area contributed by atoms with E-state index < -0.39 is 0 Å². The first-order chi connectivity index (χ1) is 8.24. The highest BCUT2D eigenvalue weighted by Crippen LogP contribution is 2.26. The second-order valence-electron chi connectivity index (χ2n) is 3.94. The van der Waals surface area contributed by atoms with Crippen LogP contribution in [0.15, 0.2) is 18.2 Å². The van der Waals surface area contributed by atoms with E-state index >= 15 is 0 Å². The molecule has 0 heterocycles. The van der Waals surface area contributed by atoms with Crippen molar-refractivity contribution in [3.05, 3.63) is 23.8 Å². The Morgan fingerprint density at radius 3 is 2.47 bits per heavy atom. The lowest BCUT2D eigenvalue weighted by molar-refractivity contribution is 0.155. The second-order valence-corrected chi connectivity index (χ2v) is 3.94. The first-order valence-corrected chi connectivity index (χ1v) is 5.65. The van der Waals surface area contributed by atoms with E-state index in [1.165, 1.54) is 0 Å². The van der Waals surface area contributed by atoms with Crippen molar-refractivity contribution in [1.29, 1.82) is 0 Å². The van der Waals surface area contributed by atoms with E-state index in [1.807, 2.05) is 18.2 Å². The molecule has 1 rings (SSSR count). The summed E-state index contributed by atoms with van der Waals surface area (Å²) in [5.41, 5.74) is 6.81. The summed E-state index contributed by atoms with van der Waals surface area (Å²) >= 11 is 0. The normalized spacial score (nSPS) is 12.2. The Morgan fingerprint density at radius 1 is 1.18 bits per heavy atom. The third-order valence-electron chi connectivity index (χ3n) is 2.73. The monoisotopic (exact) mass is 239 g/mol. The number of nitrogens with two attached hydrogens (primary N) is 1. The van der Waals surface area contributed by atoms with Crippen molar-refractivity contribution in [3.63, 3.8) is 0 Å². The van der Waals surface area contributed by atoms with Gasteiger partial charge in [0.1, 0.15) is 11.5 Å². The molecule has 0 aliphatic rings. The van der Waals surface area contributed by atoms with Gasteiger partial charge in [-0.2, -0.15) is 0 Å². The molecule has 1 aromatic rings. The Balaban J connectivity index is 2.85. The summed E-state index contributed by atoms with van der Waals surface area (Å²) in [5, 5.41) is 0. The fourth-order valence-electron chi connectivity index (χ4n) is 1.80. The lowest BCUT2D eigenvalue weighted by atomic mass is 9.99. The van der Waals surface area contributed by atoms with E-state index in [9.17, 15) is 0 Å². The summed E-state index contributed by atoms with van der Waals surface area (Å²) in [5.74, 6) is 1.98. The van der Waals surface area contributed by atoms with Gasteiger partial charge < -0.3 is 19.9 Å². The minimum atomic E-state index is 0.293. The van der Waals surface area contributed by atoms with E-state index in [-0.39, 0.29) is 0 Å². The Hall–Kier alpha value is -1.26. The van der Waals surface area contributed by atoms with Crippen molar-refractivity contribution < 1.29 is 14.2 Å². The van der Waals surface area contributed by atoms with Gasteiger partial charge in [0.05, 0.1) is 20.8 Å². The molecule has 2 N–H and O–H groups in total. The molecule has 96 valence electrons. The van der Waals surface area contributed by atoms with Crippen LogP contribution in [0.3, 0.4) is 0 Å². The standard InChI is InChI=1S/C13H21NO3/c1-15-9-10(8-14)6-11-7-12(16-2)4-5-13(11)17-3/h4-5,7,10H,6,8-9,14H2,1-3H3. The Morgan fingerprint density at radius 2 is 1.94 bits per heavy atom. The summed E-state index contributed by atoms with van der Waals surface area (Å²) < 4.78 is 15.7. The summed E-state index contributed by atoms with van der Waals surface area (Å²) in [6.45, 7) is 1.24. The molecule has 0 radical (unpaired) electrons. The van der Waals surface area contributed by atoms with Crippen LogP contribution in [0.4, 0.5) is 0 Å². The number of hydrogen-bond donors (Lipinski definition) is 1. The maximum atomic E-state index is 5.72. The first-order valence-electron chi connectivity index (χ1n) is 5.65. The molecular formula is C13H21NO3. The van der Waals surface area contributed by atoms with Crippen LogP contribution in [-0.2, 0) is 11.2 Å². The highest BCUT2D eigenvalue weighted by molar-refractivity contribution is 5.40. The summed E-state index contributed by atoms with van der Waals surface area (Å²) in [4.78, 5) is 0. The fraction of sp³-hybridized carbons (Fsp3) is 0.538. The molecule has 17 heavy (non-hydrogen) atoms. The van der Waals surface area contributed by atoms with E-state index in [4.69, 9.17) is 19.9 Å². The molecule has 1 atom stereocenters. The van der Waals surface area contributed by atoms with Gasteiger partial charge >= 0.3 is 0 Å². The Kier molecular flexibility index (Phi) is 5.80. The smallest absolute Gasteiger partial charge is 0.122 e. The molecule has 0 aromatic heterocycles. The molecular weight excluding hydrogens is 218 g/mol. The summed E-state index contributed by atoms with van der Waals surface area (Å²) in [6.07, 6.45) is 0.824. The quantitative estimate of drug-likeness (QED) is 0.783. The van der Waals surface area contributed by atoms with Gasteiger partial charge in [-0.25, -0.2) is 0 Å². The van der Waals surface area contributed by atoms with Crippen LogP contribution < -0.4 is 15.2 Å². The highest BCUT2D eigenvalue weighted by Gasteiger charge is 2.12. The van der Waals surface area contributed by atoms with E-state index in [2.05, 4.69) is 0 Å². The predicted molar refractivity (Wildman–Crippen MR) is 67.7 cm³/mol. The second kappa shape index (κ2) is 7.14.